The second-order valence-corrected chi connectivity index (χ2v) is 3.81. The summed E-state index contributed by atoms with van der Waals surface area (Å²) in [5, 5.41) is 0. The predicted octanol–water partition coefficient (Wildman–Crippen LogP) is 1.76. The number of ether oxygens (including phenoxy) is 1. The number of halogens is 3. The molecule has 64 valence electrons. The Morgan fingerprint density at radius 1 is 1.64 bits per heavy atom. The van der Waals surface area contributed by atoms with Gasteiger partial charge in [-0.1, -0.05) is 0 Å². The van der Waals surface area contributed by atoms with Crippen LogP contribution in [-0.2, 0) is 9.53 Å². The zero-order valence-electron chi connectivity index (χ0n) is 5.86. The molecule has 0 bridgehead atoms. The summed E-state index contributed by atoms with van der Waals surface area (Å²) in [6.07, 6.45) is -0.498. The van der Waals surface area contributed by atoms with Gasteiger partial charge in [-0.05, 0) is 6.92 Å². The summed E-state index contributed by atoms with van der Waals surface area (Å²) < 4.78 is 29.4. The van der Waals surface area contributed by atoms with Crippen LogP contribution in [0.15, 0.2) is 0 Å². The molecule has 0 aliphatic carbocycles. The van der Waals surface area contributed by atoms with Crippen LogP contribution in [0.5, 0.6) is 0 Å². The third kappa shape index (κ3) is 1.87. The molecule has 0 aromatic rings. The van der Waals surface area contributed by atoms with E-state index in [4.69, 9.17) is 4.74 Å². The van der Waals surface area contributed by atoms with E-state index in [0.29, 0.717) is 0 Å². The molecule has 0 amide bonds. The first-order valence-electron chi connectivity index (χ1n) is 3.07. The number of carbonyl (C=O) groups is 1. The first-order valence-corrected chi connectivity index (χ1v) is 4.15. The van der Waals surface area contributed by atoms with E-state index in [1.807, 2.05) is 0 Å². The van der Waals surface area contributed by atoms with Gasteiger partial charge in [0.25, 0.3) is 5.92 Å². The summed E-state index contributed by atoms with van der Waals surface area (Å²) in [6.45, 7) is 0.751. The molecular formula is C6H7F2IO2. The van der Waals surface area contributed by atoms with Crippen molar-refractivity contribution in [2.45, 2.75) is 24.9 Å². The Morgan fingerprint density at radius 3 is 2.36 bits per heavy atom. The van der Waals surface area contributed by atoms with E-state index >= 15 is 0 Å². The van der Waals surface area contributed by atoms with Gasteiger partial charge in [-0.15, -0.1) is 0 Å². The van der Waals surface area contributed by atoms with Gasteiger partial charge in [-0.2, -0.15) is 0 Å². The number of hydrogen-bond donors (Lipinski definition) is 0. The Kier molecular flexibility index (Phi) is 2.21. The molecule has 0 spiro atoms. The predicted molar refractivity (Wildman–Crippen MR) is 42.9 cm³/mol. The highest BCUT2D eigenvalue weighted by Crippen LogP contribution is 2.38. The first kappa shape index (κ1) is 9.31. The summed E-state index contributed by atoms with van der Waals surface area (Å²) in [4.78, 5) is 10.8. The van der Waals surface area contributed by atoms with E-state index in [0.717, 1.165) is 0 Å². The Morgan fingerprint density at radius 2 is 2.18 bits per heavy atom. The van der Waals surface area contributed by atoms with Gasteiger partial charge >= 0.3 is 0 Å². The van der Waals surface area contributed by atoms with Gasteiger partial charge in [0, 0.05) is 22.6 Å². The fourth-order valence-corrected chi connectivity index (χ4v) is 1.33. The maximum atomic E-state index is 12.5. The monoisotopic (exact) mass is 276 g/mol. The highest BCUT2D eigenvalue weighted by Gasteiger charge is 2.51. The van der Waals surface area contributed by atoms with E-state index < -0.39 is 24.6 Å². The van der Waals surface area contributed by atoms with Crippen molar-refractivity contribution in [3.05, 3.63) is 0 Å². The molecule has 11 heavy (non-hydrogen) atoms. The van der Waals surface area contributed by atoms with Crippen LogP contribution in [0.3, 0.4) is 0 Å². The lowest BCUT2D eigenvalue weighted by atomic mass is 10.0. The van der Waals surface area contributed by atoms with Gasteiger partial charge in [0.15, 0.2) is 0 Å². The zero-order valence-corrected chi connectivity index (χ0v) is 8.02. The highest BCUT2D eigenvalue weighted by molar-refractivity contribution is 14.1. The van der Waals surface area contributed by atoms with Crippen LogP contribution in [0, 0.1) is 0 Å². The van der Waals surface area contributed by atoms with Gasteiger partial charge in [0.2, 0.25) is 3.79 Å². The van der Waals surface area contributed by atoms with Crippen molar-refractivity contribution in [3.8, 4) is 0 Å². The molecule has 0 radical (unpaired) electrons. The molecule has 0 saturated carbocycles. The highest BCUT2D eigenvalue weighted by atomic mass is 127. The van der Waals surface area contributed by atoms with Gasteiger partial charge < -0.3 is 4.74 Å². The van der Waals surface area contributed by atoms with Crippen molar-refractivity contribution in [2.75, 3.05) is 6.61 Å². The molecule has 1 fully saturated rings. The van der Waals surface area contributed by atoms with Gasteiger partial charge in [0.05, 0.1) is 6.42 Å². The minimum atomic E-state index is -2.84. The molecule has 1 aliphatic rings. The van der Waals surface area contributed by atoms with Crippen molar-refractivity contribution < 1.29 is 18.3 Å². The van der Waals surface area contributed by atoms with Crippen molar-refractivity contribution in [1.82, 2.24) is 0 Å². The summed E-state index contributed by atoms with van der Waals surface area (Å²) in [7, 11) is 0. The third-order valence-corrected chi connectivity index (χ3v) is 2.75. The third-order valence-electron chi connectivity index (χ3n) is 1.61. The lowest BCUT2D eigenvalue weighted by Gasteiger charge is -2.16. The van der Waals surface area contributed by atoms with E-state index in [9.17, 15) is 13.6 Å². The van der Waals surface area contributed by atoms with E-state index in [2.05, 4.69) is 0 Å². The largest absolute Gasteiger partial charge is 0.360 e. The smallest absolute Gasteiger partial charge is 0.274 e. The molecule has 1 saturated heterocycles. The standard InChI is InChI=1S/C6H7F2IO2/c1-5(4(9)10)2-6(7,8)3-11-5/h2-3H2,1H3/t5-/m0/s1. The topological polar surface area (TPSA) is 26.3 Å². The summed E-state index contributed by atoms with van der Waals surface area (Å²) in [5.41, 5.74) is -1.27. The van der Waals surface area contributed by atoms with Crippen molar-refractivity contribution in [1.29, 1.82) is 0 Å². The lowest BCUT2D eigenvalue weighted by molar-refractivity contribution is -0.125. The zero-order chi connectivity index (χ0) is 8.70. The van der Waals surface area contributed by atoms with Gasteiger partial charge in [-0.3, -0.25) is 4.79 Å². The normalized spacial score (nSPS) is 35.6. The van der Waals surface area contributed by atoms with Gasteiger partial charge in [0.1, 0.15) is 12.2 Å². The fourth-order valence-electron chi connectivity index (χ4n) is 0.987. The quantitative estimate of drug-likeness (QED) is 0.539. The van der Waals surface area contributed by atoms with Crippen molar-refractivity contribution in [2.24, 2.45) is 0 Å². The molecule has 1 atom stereocenters. The maximum Gasteiger partial charge on any atom is 0.274 e. The fraction of sp³-hybridized carbons (Fsp3) is 0.833. The Hall–Kier alpha value is 0.220. The average Bonchev–Trinajstić information content (AvgIpc) is 2.08. The Labute approximate surface area is 76.4 Å². The molecule has 1 aliphatic heterocycles. The second-order valence-electron chi connectivity index (χ2n) is 2.83. The minimum absolute atomic E-state index is 0.368. The average molecular weight is 276 g/mol. The first-order chi connectivity index (χ1) is 4.86. The minimum Gasteiger partial charge on any atom is -0.360 e. The summed E-state index contributed by atoms with van der Waals surface area (Å²) in [6, 6.07) is 0. The molecule has 0 aromatic heterocycles. The molecule has 1 heterocycles. The molecule has 1 rings (SSSR count). The van der Waals surface area contributed by atoms with Crippen molar-refractivity contribution >= 4 is 26.4 Å². The van der Waals surface area contributed by atoms with Crippen LogP contribution in [0.2, 0.25) is 0 Å². The van der Waals surface area contributed by atoms with E-state index in [1.165, 1.54) is 29.5 Å². The van der Waals surface area contributed by atoms with Crippen LogP contribution >= 0.6 is 22.6 Å². The van der Waals surface area contributed by atoms with E-state index in [1.54, 1.807) is 0 Å². The van der Waals surface area contributed by atoms with Crippen LogP contribution < -0.4 is 0 Å². The Bertz CT molecular complexity index is 195. The lowest BCUT2D eigenvalue weighted by Crippen LogP contribution is -2.31. The van der Waals surface area contributed by atoms with Crippen LogP contribution in [0.1, 0.15) is 13.3 Å². The summed E-state index contributed by atoms with van der Waals surface area (Å²) >= 11 is 1.48. The van der Waals surface area contributed by atoms with Crippen LogP contribution in [0.4, 0.5) is 8.78 Å². The van der Waals surface area contributed by atoms with E-state index in [-0.39, 0.29) is 3.79 Å². The van der Waals surface area contributed by atoms with Crippen LogP contribution in [-0.4, -0.2) is 21.9 Å². The number of rotatable bonds is 1. The summed E-state index contributed by atoms with van der Waals surface area (Å²) in [5.74, 6) is -2.84. The number of carbonyl (C=O) groups excluding carboxylic acids is 1. The second kappa shape index (κ2) is 2.62. The molecule has 5 heteroatoms. The SMILES string of the molecule is C[C@@]1(C(=O)I)CC(F)(F)CO1. The van der Waals surface area contributed by atoms with Crippen LogP contribution in [0.25, 0.3) is 0 Å². The number of alkyl halides is 2. The molecular weight excluding hydrogens is 269 g/mol. The molecule has 0 N–H and O–H groups in total. The Balaban J connectivity index is 2.73. The molecule has 2 nitrogen and oxygen atoms in total. The number of hydrogen-bond acceptors (Lipinski definition) is 2. The maximum absolute atomic E-state index is 12.5. The van der Waals surface area contributed by atoms with Gasteiger partial charge in [-0.25, -0.2) is 8.78 Å². The molecule has 0 aromatic carbocycles. The molecule has 0 unspecified atom stereocenters. The van der Waals surface area contributed by atoms with Crippen molar-refractivity contribution in [3.63, 3.8) is 0 Å².